The van der Waals surface area contributed by atoms with E-state index >= 15 is 0 Å². The van der Waals surface area contributed by atoms with E-state index in [0.717, 1.165) is 30.8 Å². The number of imide groups is 1. The molecular formula is C17H22N4O3. The Morgan fingerprint density at radius 3 is 2.75 bits per heavy atom. The number of carbonyl (C=O) groups excluding carboxylic acids is 3. The average Bonchev–Trinajstić information content (AvgIpc) is 3.17. The van der Waals surface area contributed by atoms with Gasteiger partial charge in [-0.1, -0.05) is 30.3 Å². The van der Waals surface area contributed by atoms with E-state index in [9.17, 15) is 14.4 Å². The van der Waals surface area contributed by atoms with Gasteiger partial charge in [-0.25, -0.2) is 9.59 Å². The van der Waals surface area contributed by atoms with Crippen molar-refractivity contribution in [3.63, 3.8) is 0 Å². The predicted molar refractivity (Wildman–Crippen MR) is 88.3 cm³/mol. The van der Waals surface area contributed by atoms with Crippen molar-refractivity contribution >= 4 is 18.0 Å². The summed E-state index contributed by atoms with van der Waals surface area (Å²) in [4.78, 5) is 38.0. The van der Waals surface area contributed by atoms with Gasteiger partial charge in [-0.2, -0.15) is 0 Å². The van der Waals surface area contributed by atoms with Crippen molar-refractivity contribution < 1.29 is 14.4 Å². The SMILES string of the molecule is O=C(NCCN1C(=O)CNC1=O)N1CCC(Cc2ccccc2)C1. The molecule has 2 heterocycles. The molecule has 1 aromatic rings. The third-order valence-electron chi connectivity index (χ3n) is 4.49. The highest BCUT2D eigenvalue weighted by atomic mass is 16.2. The van der Waals surface area contributed by atoms with Gasteiger partial charge in [-0.15, -0.1) is 0 Å². The molecule has 0 saturated carbocycles. The third-order valence-corrected chi connectivity index (χ3v) is 4.49. The topological polar surface area (TPSA) is 81.8 Å². The van der Waals surface area contributed by atoms with Crippen LogP contribution in [0.25, 0.3) is 0 Å². The molecule has 0 radical (unpaired) electrons. The minimum Gasteiger partial charge on any atom is -0.336 e. The molecule has 5 amide bonds. The monoisotopic (exact) mass is 330 g/mol. The molecule has 2 saturated heterocycles. The first-order chi connectivity index (χ1) is 11.6. The molecule has 128 valence electrons. The first-order valence-electron chi connectivity index (χ1n) is 8.28. The second-order valence-electron chi connectivity index (χ2n) is 6.23. The van der Waals surface area contributed by atoms with Gasteiger partial charge in [0.1, 0.15) is 0 Å². The lowest BCUT2D eigenvalue weighted by Gasteiger charge is -2.19. The van der Waals surface area contributed by atoms with Crippen LogP contribution >= 0.6 is 0 Å². The Bertz CT molecular complexity index is 604. The maximum Gasteiger partial charge on any atom is 0.324 e. The second kappa shape index (κ2) is 7.33. The minimum absolute atomic E-state index is 0.0417. The molecule has 1 unspecified atom stereocenters. The van der Waals surface area contributed by atoms with Crippen LogP contribution < -0.4 is 10.6 Å². The van der Waals surface area contributed by atoms with E-state index in [-0.39, 0.29) is 31.6 Å². The first kappa shape index (κ1) is 16.3. The highest BCUT2D eigenvalue weighted by Crippen LogP contribution is 2.20. The Kier molecular flexibility index (Phi) is 4.98. The number of nitrogens with one attached hydrogen (secondary N) is 2. The second-order valence-corrected chi connectivity index (χ2v) is 6.23. The summed E-state index contributed by atoms with van der Waals surface area (Å²) < 4.78 is 0. The van der Waals surface area contributed by atoms with E-state index in [0.29, 0.717) is 5.92 Å². The molecule has 3 rings (SSSR count). The fourth-order valence-electron chi connectivity index (χ4n) is 3.20. The van der Waals surface area contributed by atoms with Crippen LogP contribution in [0.1, 0.15) is 12.0 Å². The summed E-state index contributed by atoms with van der Waals surface area (Å²) in [7, 11) is 0. The summed E-state index contributed by atoms with van der Waals surface area (Å²) in [6, 6.07) is 9.77. The number of hydrogen-bond donors (Lipinski definition) is 2. The van der Waals surface area contributed by atoms with E-state index in [4.69, 9.17) is 0 Å². The van der Waals surface area contributed by atoms with E-state index in [1.165, 1.54) is 5.56 Å². The molecule has 0 spiro atoms. The van der Waals surface area contributed by atoms with Crippen LogP contribution in [0, 0.1) is 5.92 Å². The highest BCUT2D eigenvalue weighted by molar-refractivity contribution is 6.01. The zero-order valence-corrected chi connectivity index (χ0v) is 13.5. The molecule has 2 aliphatic heterocycles. The summed E-state index contributed by atoms with van der Waals surface area (Å²) in [5.41, 5.74) is 1.29. The molecule has 1 aromatic carbocycles. The van der Waals surface area contributed by atoms with Gasteiger partial charge in [-0.05, 0) is 24.3 Å². The van der Waals surface area contributed by atoms with Crippen LogP contribution in [-0.2, 0) is 11.2 Å². The number of carbonyl (C=O) groups is 3. The number of rotatable bonds is 5. The Labute approximate surface area is 141 Å². The minimum atomic E-state index is -0.390. The van der Waals surface area contributed by atoms with Gasteiger partial charge in [-0.3, -0.25) is 9.69 Å². The molecule has 7 nitrogen and oxygen atoms in total. The average molecular weight is 330 g/mol. The Morgan fingerprint density at radius 2 is 2.04 bits per heavy atom. The largest absolute Gasteiger partial charge is 0.336 e. The lowest BCUT2D eigenvalue weighted by molar-refractivity contribution is -0.124. The molecular weight excluding hydrogens is 308 g/mol. The molecule has 7 heteroatoms. The number of urea groups is 2. The fraction of sp³-hybridized carbons (Fsp3) is 0.471. The van der Waals surface area contributed by atoms with Crippen molar-refractivity contribution in [2.24, 2.45) is 5.92 Å². The summed E-state index contributed by atoms with van der Waals surface area (Å²) in [5.74, 6) is 0.224. The molecule has 0 bridgehead atoms. The molecule has 1 atom stereocenters. The van der Waals surface area contributed by atoms with Crippen molar-refractivity contribution in [1.82, 2.24) is 20.4 Å². The molecule has 0 aliphatic carbocycles. The Balaban J connectivity index is 1.40. The molecule has 2 aliphatic rings. The van der Waals surface area contributed by atoms with Gasteiger partial charge < -0.3 is 15.5 Å². The first-order valence-corrected chi connectivity index (χ1v) is 8.28. The van der Waals surface area contributed by atoms with E-state index in [2.05, 4.69) is 22.8 Å². The molecule has 0 aromatic heterocycles. The van der Waals surface area contributed by atoms with Crippen LogP contribution in [0.15, 0.2) is 30.3 Å². The van der Waals surface area contributed by atoms with E-state index in [1.807, 2.05) is 18.2 Å². The van der Waals surface area contributed by atoms with Crippen molar-refractivity contribution in [3.05, 3.63) is 35.9 Å². The zero-order chi connectivity index (χ0) is 16.9. The van der Waals surface area contributed by atoms with Crippen molar-refractivity contribution in [2.45, 2.75) is 12.8 Å². The van der Waals surface area contributed by atoms with Crippen LogP contribution in [0.3, 0.4) is 0 Å². The van der Waals surface area contributed by atoms with Crippen molar-refractivity contribution in [2.75, 3.05) is 32.7 Å². The lowest BCUT2D eigenvalue weighted by Crippen LogP contribution is -2.43. The van der Waals surface area contributed by atoms with Gasteiger partial charge in [0.2, 0.25) is 5.91 Å². The Morgan fingerprint density at radius 1 is 1.25 bits per heavy atom. The molecule has 24 heavy (non-hydrogen) atoms. The zero-order valence-electron chi connectivity index (χ0n) is 13.5. The number of nitrogens with zero attached hydrogens (tertiary/aromatic N) is 2. The van der Waals surface area contributed by atoms with E-state index < -0.39 is 6.03 Å². The highest BCUT2D eigenvalue weighted by Gasteiger charge is 2.29. The Hall–Kier alpha value is -2.57. The number of hydrogen-bond acceptors (Lipinski definition) is 3. The van der Waals surface area contributed by atoms with Crippen LogP contribution in [0.2, 0.25) is 0 Å². The van der Waals surface area contributed by atoms with Gasteiger partial charge in [0.15, 0.2) is 0 Å². The van der Waals surface area contributed by atoms with Gasteiger partial charge >= 0.3 is 12.1 Å². The third kappa shape index (κ3) is 3.84. The fourth-order valence-corrected chi connectivity index (χ4v) is 3.20. The van der Waals surface area contributed by atoms with Gasteiger partial charge in [0.25, 0.3) is 0 Å². The maximum absolute atomic E-state index is 12.2. The van der Waals surface area contributed by atoms with Gasteiger partial charge in [0.05, 0.1) is 6.54 Å². The number of amides is 5. The summed E-state index contributed by atoms with van der Waals surface area (Å²) in [5, 5.41) is 5.25. The summed E-state index contributed by atoms with van der Waals surface area (Å²) in [6.07, 6.45) is 1.97. The number of likely N-dealkylation sites (tertiary alicyclic amines) is 1. The van der Waals surface area contributed by atoms with Crippen molar-refractivity contribution in [1.29, 1.82) is 0 Å². The molecule has 2 N–H and O–H groups in total. The predicted octanol–water partition coefficient (Wildman–Crippen LogP) is 0.812. The molecule has 2 fully saturated rings. The smallest absolute Gasteiger partial charge is 0.324 e. The summed E-state index contributed by atoms with van der Waals surface area (Å²) >= 11 is 0. The normalized spacial score (nSPS) is 20.4. The quantitative estimate of drug-likeness (QED) is 0.784. The number of benzene rings is 1. The van der Waals surface area contributed by atoms with Crippen molar-refractivity contribution in [3.8, 4) is 0 Å². The van der Waals surface area contributed by atoms with Gasteiger partial charge in [0, 0.05) is 26.2 Å². The standard InChI is InChI=1S/C17H22N4O3/c22-15-11-19-17(24)21(15)9-7-18-16(23)20-8-6-14(12-20)10-13-4-2-1-3-5-13/h1-5,14H,6-12H2,(H,18,23)(H,19,24). The van der Waals surface area contributed by atoms with Crippen LogP contribution in [0.5, 0.6) is 0 Å². The maximum atomic E-state index is 12.2. The summed E-state index contributed by atoms with van der Waals surface area (Å²) in [6.45, 7) is 2.01. The van der Waals surface area contributed by atoms with E-state index in [1.54, 1.807) is 4.90 Å². The lowest BCUT2D eigenvalue weighted by atomic mass is 9.99. The van der Waals surface area contributed by atoms with Crippen LogP contribution in [0.4, 0.5) is 9.59 Å². The van der Waals surface area contributed by atoms with Crippen LogP contribution in [-0.4, -0.2) is 60.5 Å².